The van der Waals surface area contributed by atoms with Gasteiger partial charge in [-0.05, 0) is 84.6 Å². The average Bonchev–Trinajstić information content (AvgIpc) is 2.76. The van der Waals surface area contributed by atoms with E-state index in [1.807, 2.05) is 18.2 Å². The van der Waals surface area contributed by atoms with Gasteiger partial charge in [-0.25, -0.2) is 17.6 Å². The Kier molecular flexibility index (Phi) is 5.94. The van der Waals surface area contributed by atoms with E-state index in [2.05, 4.69) is 6.58 Å². The molecule has 1 saturated carbocycles. The van der Waals surface area contributed by atoms with Crippen molar-refractivity contribution in [3.8, 4) is 0 Å². The van der Waals surface area contributed by atoms with Crippen molar-refractivity contribution in [2.24, 2.45) is 0 Å². The van der Waals surface area contributed by atoms with Gasteiger partial charge in [-0.3, -0.25) is 0 Å². The van der Waals surface area contributed by atoms with E-state index in [9.17, 15) is 17.6 Å². The Morgan fingerprint density at radius 2 is 1.53 bits per heavy atom. The Balaban J connectivity index is 1.48. The molecule has 1 aliphatic rings. The van der Waals surface area contributed by atoms with Crippen molar-refractivity contribution in [1.29, 1.82) is 0 Å². The molecule has 0 spiro atoms. The third kappa shape index (κ3) is 4.00. The van der Waals surface area contributed by atoms with Crippen LogP contribution in [0.1, 0.15) is 60.6 Å². The van der Waals surface area contributed by atoms with Gasteiger partial charge in [0, 0.05) is 5.39 Å². The van der Waals surface area contributed by atoms with Gasteiger partial charge in [-0.1, -0.05) is 36.4 Å². The fourth-order valence-electron chi connectivity index (χ4n) is 4.64. The highest BCUT2D eigenvalue weighted by molar-refractivity contribution is 5.84. The van der Waals surface area contributed by atoms with E-state index in [0.717, 1.165) is 61.3 Å². The Labute approximate surface area is 174 Å². The van der Waals surface area contributed by atoms with Crippen molar-refractivity contribution in [3.63, 3.8) is 0 Å². The molecule has 0 aromatic heterocycles. The van der Waals surface area contributed by atoms with Crippen LogP contribution in [0.15, 0.2) is 55.1 Å². The van der Waals surface area contributed by atoms with E-state index in [4.69, 9.17) is 0 Å². The largest absolute Gasteiger partial charge is 0.207 e. The molecule has 0 heterocycles. The van der Waals surface area contributed by atoms with Gasteiger partial charge < -0.3 is 0 Å². The molecule has 0 unspecified atom stereocenters. The first-order valence-corrected chi connectivity index (χ1v) is 10.4. The molecule has 0 amide bonds. The summed E-state index contributed by atoms with van der Waals surface area (Å²) in [6.07, 6.45) is 6.92. The highest BCUT2D eigenvalue weighted by Gasteiger charge is 2.26. The second-order valence-corrected chi connectivity index (χ2v) is 8.20. The van der Waals surface area contributed by atoms with Gasteiger partial charge >= 0.3 is 0 Å². The van der Waals surface area contributed by atoms with Crippen molar-refractivity contribution in [1.82, 2.24) is 0 Å². The standard InChI is InChI=1S/C26H24F4/c1-2-3-4-16-5-11-21(23(27)13-16)18-8-6-17(7-9-18)19-10-12-22-20(14-19)15-24(28)26(30)25(22)29/h2,5,10-15,17-18H,1,3-4,6-9H2. The molecule has 1 fully saturated rings. The fourth-order valence-corrected chi connectivity index (χ4v) is 4.64. The van der Waals surface area contributed by atoms with E-state index in [1.165, 1.54) is 6.07 Å². The third-order valence-corrected chi connectivity index (χ3v) is 6.34. The number of rotatable bonds is 5. The minimum atomic E-state index is -1.44. The van der Waals surface area contributed by atoms with Crippen LogP contribution in [0.5, 0.6) is 0 Å². The summed E-state index contributed by atoms with van der Waals surface area (Å²) in [7, 11) is 0. The molecule has 156 valence electrons. The van der Waals surface area contributed by atoms with Gasteiger partial charge in [-0.2, -0.15) is 0 Å². The molecule has 30 heavy (non-hydrogen) atoms. The summed E-state index contributed by atoms with van der Waals surface area (Å²) in [5, 5.41) is 0.456. The molecule has 0 aliphatic heterocycles. The zero-order valence-corrected chi connectivity index (χ0v) is 16.7. The monoisotopic (exact) mass is 412 g/mol. The maximum atomic E-state index is 14.6. The summed E-state index contributed by atoms with van der Waals surface area (Å²) in [5.41, 5.74) is 2.75. The lowest BCUT2D eigenvalue weighted by Gasteiger charge is -2.29. The maximum Gasteiger partial charge on any atom is 0.195 e. The van der Waals surface area contributed by atoms with Gasteiger partial charge in [0.15, 0.2) is 17.5 Å². The Morgan fingerprint density at radius 3 is 2.23 bits per heavy atom. The van der Waals surface area contributed by atoms with Gasteiger partial charge in [0.25, 0.3) is 0 Å². The summed E-state index contributed by atoms with van der Waals surface area (Å²) in [6, 6.07) is 11.7. The average molecular weight is 412 g/mol. The first-order chi connectivity index (χ1) is 14.5. The lowest BCUT2D eigenvalue weighted by Crippen LogP contribution is -2.13. The molecule has 3 aromatic rings. The highest BCUT2D eigenvalue weighted by atomic mass is 19.2. The lowest BCUT2D eigenvalue weighted by atomic mass is 9.75. The number of halogens is 4. The van der Waals surface area contributed by atoms with Crippen molar-refractivity contribution >= 4 is 10.8 Å². The van der Waals surface area contributed by atoms with Crippen molar-refractivity contribution in [2.75, 3.05) is 0 Å². The van der Waals surface area contributed by atoms with Crippen LogP contribution in [0.3, 0.4) is 0 Å². The number of allylic oxidation sites excluding steroid dienone is 1. The number of benzene rings is 3. The molecular formula is C26H24F4. The van der Waals surface area contributed by atoms with E-state index in [1.54, 1.807) is 18.2 Å². The SMILES string of the molecule is C=CCCc1ccc(C2CCC(c3ccc4c(F)c(F)c(F)cc4c3)CC2)c(F)c1. The van der Waals surface area contributed by atoms with Crippen LogP contribution in [-0.2, 0) is 6.42 Å². The smallest absolute Gasteiger partial charge is 0.195 e. The maximum absolute atomic E-state index is 14.6. The molecule has 0 nitrogen and oxygen atoms in total. The molecular weight excluding hydrogens is 388 g/mol. The van der Waals surface area contributed by atoms with Crippen LogP contribution in [0, 0.1) is 23.3 Å². The van der Waals surface area contributed by atoms with Crippen LogP contribution >= 0.6 is 0 Å². The summed E-state index contributed by atoms with van der Waals surface area (Å²) in [5.74, 6) is -3.47. The summed E-state index contributed by atoms with van der Waals surface area (Å²) in [4.78, 5) is 0. The van der Waals surface area contributed by atoms with Crippen molar-refractivity contribution in [2.45, 2.75) is 50.4 Å². The first-order valence-electron chi connectivity index (χ1n) is 10.4. The first kappa shape index (κ1) is 20.6. The number of hydrogen-bond acceptors (Lipinski definition) is 0. The number of aryl methyl sites for hydroxylation is 1. The Morgan fingerprint density at radius 1 is 0.800 bits per heavy atom. The molecule has 0 atom stereocenters. The number of hydrogen-bond donors (Lipinski definition) is 0. The van der Waals surface area contributed by atoms with Gasteiger partial charge in [0.2, 0.25) is 0 Å². The third-order valence-electron chi connectivity index (χ3n) is 6.34. The minimum Gasteiger partial charge on any atom is -0.207 e. The summed E-state index contributed by atoms with van der Waals surface area (Å²) < 4.78 is 55.6. The summed E-state index contributed by atoms with van der Waals surface area (Å²) in [6.45, 7) is 3.70. The zero-order valence-electron chi connectivity index (χ0n) is 16.7. The molecule has 1 aliphatic carbocycles. The second-order valence-electron chi connectivity index (χ2n) is 8.20. The van der Waals surface area contributed by atoms with Crippen molar-refractivity contribution < 1.29 is 17.6 Å². The van der Waals surface area contributed by atoms with Gasteiger partial charge in [-0.15, -0.1) is 6.58 Å². The van der Waals surface area contributed by atoms with E-state index < -0.39 is 17.5 Å². The van der Waals surface area contributed by atoms with Crippen LogP contribution in [-0.4, -0.2) is 0 Å². The second kappa shape index (κ2) is 8.63. The Bertz CT molecular complexity index is 1080. The molecule has 0 N–H and O–H groups in total. The van der Waals surface area contributed by atoms with E-state index in [0.29, 0.717) is 5.39 Å². The van der Waals surface area contributed by atoms with Crippen LogP contribution < -0.4 is 0 Å². The molecule has 4 heteroatoms. The van der Waals surface area contributed by atoms with Gasteiger partial charge in [0.05, 0.1) is 0 Å². The molecule has 4 rings (SSSR count). The molecule has 0 saturated heterocycles. The van der Waals surface area contributed by atoms with Crippen LogP contribution in [0.25, 0.3) is 10.8 Å². The fraction of sp³-hybridized carbons (Fsp3) is 0.308. The normalized spacial score (nSPS) is 19.2. The molecule has 0 bridgehead atoms. The van der Waals surface area contributed by atoms with E-state index in [-0.39, 0.29) is 23.0 Å². The molecule has 0 radical (unpaired) electrons. The lowest BCUT2D eigenvalue weighted by molar-refractivity contribution is 0.387. The zero-order chi connectivity index (χ0) is 21.3. The topological polar surface area (TPSA) is 0 Å². The van der Waals surface area contributed by atoms with E-state index >= 15 is 0 Å². The number of fused-ring (bicyclic) bond motifs is 1. The van der Waals surface area contributed by atoms with Crippen LogP contribution in [0.4, 0.5) is 17.6 Å². The van der Waals surface area contributed by atoms with Crippen molar-refractivity contribution in [3.05, 3.63) is 95.1 Å². The minimum absolute atomic E-state index is 0.0879. The van der Waals surface area contributed by atoms with Gasteiger partial charge in [0.1, 0.15) is 5.82 Å². The quantitative estimate of drug-likeness (QED) is 0.227. The molecule has 3 aromatic carbocycles. The predicted octanol–water partition coefficient (Wildman–Crippen LogP) is 7.96. The highest BCUT2D eigenvalue weighted by Crippen LogP contribution is 2.42. The predicted molar refractivity (Wildman–Crippen MR) is 113 cm³/mol. The Hall–Kier alpha value is -2.62. The summed E-state index contributed by atoms with van der Waals surface area (Å²) >= 11 is 0. The van der Waals surface area contributed by atoms with Crippen LogP contribution in [0.2, 0.25) is 0 Å².